The van der Waals surface area contributed by atoms with Crippen LogP contribution in [0.15, 0.2) is 48.7 Å². The van der Waals surface area contributed by atoms with Crippen LogP contribution in [0.4, 0.5) is 19.4 Å². The molecule has 3 aromatic rings. The van der Waals surface area contributed by atoms with Crippen molar-refractivity contribution in [2.24, 2.45) is 0 Å². The zero-order valence-electron chi connectivity index (χ0n) is 24.5. The zero-order valence-corrected chi connectivity index (χ0v) is 24.5. The molecular formula is C31H34F2N4O6. The molecule has 1 aromatic carbocycles. The van der Waals surface area contributed by atoms with E-state index in [0.29, 0.717) is 22.3 Å². The fraction of sp³-hybridized carbons (Fsp3) is 0.452. The molecule has 1 aliphatic heterocycles. The first-order chi connectivity index (χ1) is 20.2. The molecule has 1 atom stereocenters. The van der Waals surface area contributed by atoms with Gasteiger partial charge in [-0.3, -0.25) is 19.0 Å². The monoisotopic (exact) mass is 596 g/mol. The third-order valence-corrected chi connectivity index (χ3v) is 7.98. The summed E-state index contributed by atoms with van der Waals surface area (Å²) in [6, 6.07) is 10.2. The lowest BCUT2D eigenvalue weighted by molar-refractivity contribution is -0.146. The number of nitrogens with zero attached hydrogens (tertiary/aromatic N) is 3. The average molecular weight is 597 g/mol. The molecule has 0 radical (unpaired) electrons. The van der Waals surface area contributed by atoms with Gasteiger partial charge >= 0.3 is 6.09 Å². The number of alkyl halides is 2. The van der Waals surface area contributed by atoms with Crippen molar-refractivity contribution in [2.75, 3.05) is 19.0 Å². The first-order valence-corrected chi connectivity index (χ1v) is 14.1. The quantitative estimate of drug-likeness (QED) is 0.436. The van der Waals surface area contributed by atoms with Crippen molar-refractivity contribution in [2.45, 2.75) is 75.9 Å². The molecular weight excluding hydrogens is 562 g/mol. The number of hydrogen-bond donors (Lipinski definition) is 1. The minimum absolute atomic E-state index is 0.128. The zero-order chi connectivity index (χ0) is 31.2. The summed E-state index contributed by atoms with van der Waals surface area (Å²) in [5, 5.41) is 2.68. The van der Waals surface area contributed by atoms with Crippen LogP contribution in [0, 0.1) is 0 Å². The van der Waals surface area contributed by atoms with E-state index in [0.717, 1.165) is 0 Å². The molecule has 10 nitrogen and oxygen atoms in total. The number of hydrogen-bond acceptors (Lipinski definition) is 7. The van der Waals surface area contributed by atoms with Gasteiger partial charge in [0.2, 0.25) is 17.7 Å². The highest BCUT2D eigenvalue weighted by atomic mass is 19.3. The van der Waals surface area contributed by atoms with E-state index in [-0.39, 0.29) is 37.4 Å². The van der Waals surface area contributed by atoms with Crippen molar-refractivity contribution in [1.82, 2.24) is 14.5 Å². The van der Waals surface area contributed by atoms with E-state index in [2.05, 4.69) is 10.3 Å². The summed E-state index contributed by atoms with van der Waals surface area (Å²) < 4.78 is 40.5. The lowest BCUT2D eigenvalue weighted by atomic mass is 9.67. The number of anilines is 1. The van der Waals surface area contributed by atoms with E-state index >= 15 is 0 Å². The minimum Gasteiger partial charge on any atom is -0.497 e. The molecule has 1 N–H and O–H groups in total. The molecule has 2 amide bonds. The first-order valence-electron chi connectivity index (χ1n) is 14.1. The molecule has 2 aromatic heterocycles. The number of carbonyl (C=O) groups is 4. The normalized spacial score (nSPS) is 19.7. The number of fused-ring (bicyclic) bond motifs is 1. The van der Waals surface area contributed by atoms with Crippen molar-refractivity contribution in [3.8, 4) is 5.75 Å². The Kier molecular flexibility index (Phi) is 7.74. The van der Waals surface area contributed by atoms with Gasteiger partial charge in [-0.2, -0.15) is 0 Å². The number of rotatable bonds is 5. The highest BCUT2D eigenvalue weighted by Crippen LogP contribution is 2.47. The summed E-state index contributed by atoms with van der Waals surface area (Å²) in [6.07, 6.45) is -0.504. The van der Waals surface area contributed by atoms with Crippen LogP contribution in [0.2, 0.25) is 0 Å². The Hall–Kier alpha value is -4.35. The summed E-state index contributed by atoms with van der Waals surface area (Å²) in [7, 11) is 1.50. The number of aromatic nitrogens is 2. The smallest absolute Gasteiger partial charge is 0.419 e. The van der Waals surface area contributed by atoms with Crippen LogP contribution >= 0.6 is 0 Å². The van der Waals surface area contributed by atoms with Crippen LogP contribution < -0.4 is 10.1 Å². The van der Waals surface area contributed by atoms with Crippen LogP contribution in [0.25, 0.3) is 11.0 Å². The Morgan fingerprint density at radius 1 is 1.00 bits per heavy atom. The summed E-state index contributed by atoms with van der Waals surface area (Å²) in [5.41, 5.74) is -0.592. The van der Waals surface area contributed by atoms with E-state index in [4.69, 9.17) is 9.47 Å². The molecule has 1 saturated heterocycles. The molecule has 2 aliphatic rings. The number of Topliss-reactive ketones (excluding diaryl/α,β-unsaturated/α-hetero) is 1. The number of nitrogens with one attached hydrogen (secondary N) is 1. The maximum absolute atomic E-state index is 14.3. The number of ether oxygens (including phenoxy) is 2. The van der Waals surface area contributed by atoms with Gasteiger partial charge in [0.15, 0.2) is 5.78 Å². The second-order valence-electron chi connectivity index (χ2n) is 12.1. The predicted octanol–water partition coefficient (Wildman–Crippen LogP) is 5.08. The standard InChI is InChI=1S/C31H34F2N4O6/c1-29(2,3)43-28(41)36-16-11-22-23(36)9-10-25(34-22)35-26(39)24-17-20(38)18-37(24)27(40)30(12-14-31(32,33)15-13-30)19-5-7-21(42-4)8-6-19/h5-11,16,24H,12-15,17-18H2,1-4H3,(H,34,35,39)/t24-/m1/s1. The number of halogens is 2. The maximum atomic E-state index is 14.3. The predicted molar refractivity (Wildman–Crippen MR) is 153 cm³/mol. The van der Waals surface area contributed by atoms with Gasteiger partial charge < -0.3 is 19.7 Å². The molecule has 1 saturated carbocycles. The third kappa shape index (κ3) is 6.09. The maximum Gasteiger partial charge on any atom is 0.419 e. The number of methoxy groups -OCH3 is 1. The number of amides is 2. The molecule has 228 valence electrons. The van der Waals surface area contributed by atoms with Gasteiger partial charge in [0.05, 0.1) is 30.1 Å². The summed E-state index contributed by atoms with van der Waals surface area (Å²) >= 11 is 0. The Labute approximate surface area is 247 Å². The van der Waals surface area contributed by atoms with Gasteiger partial charge in [-0.05, 0) is 69.5 Å². The molecule has 3 heterocycles. The van der Waals surface area contributed by atoms with Crippen LogP contribution in [-0.2, 0) is 24.5 Å². The van der Waals surface area contributed by atoms with Gasteiger partial charge in [0, 0.05) is 25.5 Å². The van der Waals surface area contributed by atoms with E-state index < -0.39 is 53.7 Å². The van der Waals surface area contributed by atoms with Crippen LogP contribution in [0.3, 0.4) is 0 Å². The van der Waals surface area contributed by atoms with E-state index in [1.165, 1.54) is 28.8 Å². The molecule has 12 heteroatoms. The second-order valence-corrected chi connectivity index (χ2v) is 12.1. The minimum atomic E-state index is -2.90. The highest BCUT2D eigenvalue weighted by Gasteiger charge is 2.53. The Morgan fingerprint density at radius 3 is 2.30 bits per heavy atom. The summed E-state index contributed by atoms with van der Waals surface area (Å²) in [5.74, 6) is -3.65. The van der Waals surface area contributed by atoms with Gasteiger partial charge in [-0.25, -0.2) is 18.6 Å². The van der Waals surface area contributed by atoms with Crippen LogP contribution in [-0.4, -0.2) is 69.4 Å². The number of pyridine rings is 1. The van der Waals surface area contributed by atoms with E-state index in [9.17, 15) is 28.0 Å². The lowest BCUT2D eigenvalue weighted by Crippen LogP contribution is -2.54. The number of benzene rings is 1. The Balaban J connectivity index is 1.39. The SMILES string of the molecule is COc1ccc(C2(C(=O)N3CC(=O)C[C@@H]3C(=O)Nc3ccc4c(ccn4C(=O)OC(C)(C)C)n3)CCC(F)(F)CC2)cc1. The van der Waals surface area contributed by atoms with E-state index in [1.807, 2.05) is 0 Å². The molecule has 2 fully saturated rings. The fourth-order valence-corrected chi connectivity index (χ4v) is 5.76. The van der Waals surface area contributed by atoms with Crippen LogP contribution in [0.1, 0.15) is 58.4 Å². The third-order valence-electron chi connectivity index (χ3n) is 7.98. The molecule has 0 spiro atoms. The summed E-state index contributed by atoms with van der Waals surface area (Å²) in [4.78, 5) is 58.5. The van der Waals surface area contributed by atoms with Crippen molar-refractivity contribution < 1.29 is 37.4 Å². The van der Waals surface area contributed by atoms with Gasteiger partial charge in [-0.15, -0.1) is 0 Å². The van der Waals surface area contributed by atoms with Gasteiger partial charge in [-0.1, -0.05) is 12.1 Å². The lowest BCUT2D eigenvalue weighted by Gasteiger charge is -2.42. The molecule has 0 unspecified atom stereocenters. The molecule has 0 bridgehead atoms. The average Bonchev–Trinajstić information content (AvgIpc) is 3.55. The Bertz CT molecular complexity index is 1570. The molecule has 43 heavy (non-hydrogen) atoms. The fourth-order valence-electron chi connectivity index (χ4n) is 5.76. The van der Waals surface area contributed by atoms with Crippen molar-refractivity contribution in [3.05, 3.63) is 54.2 Å². The number of ketones is 1. The molecule has 5 rings (SSSR count). The topological polar surface area (TPSA) is 120 Å². The Morgan fingerprint density at radius 2 is 1.67 bits per heavy atom. The van der Waals surface area contributed by atoms with Crippen molar-refractivity contribution in [1.29, 1.82) is 0 Å². The summed E-state index contributed by atoms with van der Waals surface area (Å²) in [6.45, 7) is 4.97. The number of carbonyl (C=O) groups excluding carboxylic acids is 4. The molecule has 1 aliphatic carbocycles. The van der Waals surface area contributed by atoms with Crippen LogP contribution in [0.5, 0.6) is 5.75 Å². The number of likely N-dealkylation sites (tertiary alicyclic amines) is 1. The van der Waals surface area contributed by atoms with Gasteiger partial charge in [0.25, 0.3) is 0 Å². The largest absolute Gasteiger partial charge is 0.497 e. The highest BCUT2D eigenvalue weighted by molar-refractivity contribution is 6.05. The van der Waals surface area contributed by atoms with Crippen molar-refractivity contribution in [3.63, 3.8) is 0 Å². The van der Waals surface area contributed by atoms with Gasteiger partial charge in [0.1, 0.15) is 23.2 Å². The van der Waals surface area contributed by atoms with Crippen molar-refractivity contribution >= 4 is 40.5 Å². The second kappa shape index (κ2) is 11.1. The van der Waals surface area contributed by atoms with E-state index in [1.54, 1.807) is 57.2 Å². The first kappa shape index (κ1) is 30.1.